The van der Waals surface area contributed by atoms with Gasteiger partial charge >= 0.3 is 0 Å². The fraction of sp³-hybridized carbons (Fsp3) is 0.545. The molecule has 2 nitrogen and oxygen atoms in total. The smallest absolute Gasteiger partial charge is 0.128 e. The minimum Gasteiger partial charge on any atom is -0.360 e. The average molecular weight is 213 g/mol. The summed E-state index contributed by atoms with van der Waals surface area (Å²) in [6.07, 6.45) is 2.86. The third kappa shape index (κ3) is 3.54. The molecule has 1 rings (SSSR count). The van der Waals surface area contributed by atoms with Crippen LogP contribution in [0.25, 0.3) is 0 Å². The lowest BCUT2D eigenvalue weighted by atomic mass is 10.1. The van der Waals surface area contributed by atoms with E-state index in [0.29, 0.717) is 5.02 Å². The van der Waals surface area contributed by atoms with Crippen LogP contribution in [0.3, 0.4) is 0 Å². The Morgan fingerprint density at radius 2 is 2.14 bits per heavy atom. The summed E-state index contributed by atoms with van der Waals surface area (Å²) in [7, 11) is 2.05. The zero-order chi connectivity index (χ0) is 10.6. The van der Waals surface area contributed by atoms with Gasteiger partial charge in [0.25, 0.3) is 0 Å². The van der Waals surface area contributed by atoms with E-state index in [-0.39, 0.29) is 0 Å². The fourth-order valence-corrected chi connectivity index (χ4v) is 1.27. The highest BCUT2D eigenvalue weighted by Crippen LogP contribution is 2.13. The van der Waals surface area contributed by atoms with Gasteiger partial charge in [0, 0.05) is 19.8 Å². The molecule has 0 aromatic carbocycles. The molecule has 78 valence electrons. The second-order valence-electron chi connectivity index (χ2n) is 3.94. The Morgan fingerprint density at radius 1 is 1.43 bits per heavy atom. The summed E-state index contributed by atoms with van der Waals surface area (Å²) in [5.74, 6) is 1.71. The van der Waals surface area contributed by atoms with E-state index in [1.165, 1.54) is 6.42 Å². The molecular weight excluding hydrogens is 196 g/mol. The Bertz CT molecular complexity index is 269. The van der Waals surface area contributed by atoms with Crippen LogP contribution in [0.15, 0.2) is 18.3 Å². The van der Waals surface area contributed by atoms with Gasteiger partial charge < -0.3 is 4.90 Å². The second kappa shape index (κ2) is 5.20. The van der Waals surface area contributed by atoms with Crippen molar-refractivity contribution in [3.8, 4) is 0 Å². The van der Waals surface area contributed by atoms with Gasteiger partial charge in [-0.3, -0.25) is 0 Å². The zero-order valence-electron chi connectivity index (χ0n) is 9.00. The first-order valence-electron chi connectivity index (χ1n) is 4.92. The van der Waals surface area contributed by atoms with Crippen molar-refractivity contribution in [1.29, 1.82) is 0 Å². The average Bonchev–Trinajstić information content (AvgIpc) is 2.15. The normalized spacial score (nSPS) is 10.6. The molecule has 1 aromatic rings. The lowest BCUT2D eigenvalue weighted by molar-refractivity contribution is 0.583. The summed E-state index contributed by atoms with van der Waals surface area (Å²) in [5, 5.41) is 0.686. The third-order valence-corrected chi connectivity index (χ3v) is 2.37. The summed E-state index contributed by atoms with van der Waals surface area (Å²) in [6, 6.07) is 3.82. The molecule has 0 aliphatic rings. The van der Waals surface area contributed by atoms with Crippen molar-refractivity contribution >= 4 is 17.4 Å². The predicted molar refractivity (Wildman–Crippen MR) is 62.0 cm³/mol. The minimum atomic E-state index is 0.686. The Kier molecular flexibility index (Phi) is 4.21. The number of hydrogen-bond acceptors (Lipinski definition) is 2. The molecule has 0 unspecified atom stereocenters. The second-order valence-corrected chi connectivity index (χ2v) is 4.38. The van der Waals surface area contributed by atoms with E-state index in [0.717, 1.165) is 18.3 Å². The molecule has 0 aliphatic heterocycles. The van der Waals surface area contributed by atoms with Crippen molar-refractivity contribution in [2.75, 3.05) is 18.5 Å². The molecule has 0 bridgehead atoms. The molecular formula is C11H17ClN2. The van der Waals surface area contributed by atoms with Gasteiger partial charge in [-0.2, -0.15) is 0 Å². The number of pyridine rings is 1. The van der Waals surface area contributed by atoms with Crippen LogP contribution < -0.4 is 4.90 Å². The Hall–Kier alpha value is -0.760. The highest BCUT2D eigenvalue weighted by Gasteiger charge is 2.02. The molecule has 0 saturated heterocycles. The number of halogens is 1. The van der Waals surface area contributed by atoms with Crippen LogP contribution in [0.1, 0.15) is 20.3 Å². The van der Waals surface area contributed by atoms with Crippen LogP contribution >= 0.6 is 11.6 Å². The van der Waals surface area contributed by atoms with E-state index in [2.05, 4.69) is 30.8 Å². The highest BCUT2D eigenvalue weighted by atomic mass is 35.5. The van der Waals surface area contributed by atoms with Gasteiger partial charge in [0.2, 0.25) is 0 Å². The van der Waals surface area contributed by atoms with Crippen LogP contribution in [0, 0.1) is 5.92 Å². The van der Waals surface area contributed by atoms with Crippen LogP contribution in [0.2, 0.25) is 5.02 Å². The maximum Gasteiger partial charge on any atom is 0.128 e. The Balaban J connectivity index is 2.52. The van der Waals surface area contributed by atoms with Gasteiger partial charge in [0.15, 0.2) is 0 Å². The summed E-state index contributed by atoms with van der Waals surface area (Å²) in [4.78, 5) is 6.40. The number of nitrogens with zero attached hydrogens (tertiary/aromatic N) is 2. The van der Waals surface area contributed by atoms with E-state index in [4.69, 9.17) is 11.6 Å². The Morgan fingerprint density at radius 3 is 2.64 bits per heavy atom. The number of aromatic nitrogens is 1. The van der Waals surface area contributed by atoms with E-state index < -0.39 is 0 Å². The standard InChI is InChI=1S/C11H17ClN2/c1-9(2)6-7-14(3)11-5-4-10(12)8-13-11/h4-5,8-9H,6-7H2,1-3H3. The van der Waals surface area contributed by atoms with Crippen LogP contribution in [-0.4, -0.2) is 18.6 Å². The highest BCUT2D eigenvalue weighted by molar-refractivity contribution is 6.30. The topological polar surface area (TPSA) is 16.1 Å². The molecule has 14 heavy (non-hydrogen) atoms. The number of rotatable bonds is 4. The van der Waals surface area contributed by atoms with Gasteiger partial charge in [-0.05, 0) is 24.5 Å². The summed E-state index contributed by atoms with van der Waals surface area (Å²) in [6.45, 7) is 5.48. The van der Waals surface area contributed by atoms with Gasteiger partial charge in [-0.1, -0.05) is 25.4 Å². The van der Waals surface area contributed by atoms with E-state index in [1.54, 1.807) is 6.20 Å². The maximum atomic E-state index is 5.76. The lowest BCUT2D eigenvalue weighted by Crippen LogP contribution is -2.20. The van der Waals surface area contributed by atoms with Gasteiger partial charge in [-0.15, -0.1) is 0 Å². The van der Waals surface area contributed by atoms with Crippen molar-refractivity contribution in [2.45, 2.75) is 20.3 Å². The molecule has 0 saturated carbocycles. The molecule has 0 amide bonds. The molecule has 0 aliphatic carbocycles. The van der Waals surface area contributed by atoms with Gasteiger partial charge in [0.1, 0.15) is 5.82 Å². The fourth-order valence-electron chi connectivity index (χ4n) is 1.16. The molecule has 1 heterocycles. The van der Waals surface area contributed by atoms with Crippen LogP contribution in [0.5, 0.6) is 0 Å². The molecule has 0 spiro atoms. The van der Waals surface area contributed by atoms with Crippen molar-refractivity contribution in [1.82, 2.24) is 4.98 Å². The van der Waals surface area contributed by atoms with E-state index >= 15 is 0 Å². The van der Waals surface area contributed by atoms with Crippen molar-refractivity contribution in [2.24, 2.45) is 5.92 Å². The quantitative estimate of drug-likeness (QED) is 0.762. The Labute approximate surface area is 90.9 Å². The largest absolute Gasteiger partial charge is 0.360 e. The molecule has 0 fully saturated rings. The molecule has 0 radical (unpaired) electrons. The van der Waals surface area contributed by atoms with Gasteiger partial charge in [-0.25, -0.2) is 4.98 Å². The summed E-state index contributed by atoms with van der Waals surface area (Å²) < 4.78 is 0. The van der Waals surface area contributed by atoms with Crippen LogP contribution in [0.4, 0.5) is 5.82 Å². The summed E-state index contributed by atoms with van der Waals surface area (Å²) in [5.41, 5.74) is 0. The van der Waals surface area contributed by atoms with Crippen molar-refractivity contribution < 1.29 is 0 Å². The SMILES string of the molecule is CC(C)CCN(C)c1ccc(Cl)cn1. The van der Waals surface area contributed by atoms with Crippen molar-refractivity contribution in [3.63, 3.8) is 0 Å². The molecule has 1 aromatic heterocycles. The number of anilines is 1. The molecule has 3 heteroatoms. The van der Waals surface area contributed by atoms with Crippen LogP contribution in [-0.2, 0) is 0 Å². The maximum absolute atomic E-state index is 5.76. The first kappa shape index (κ1) is 11.3. The first-order chi connectivity index (χ1) is 6.59. The minimum absolute atomic E-state index is 0.686. The van der Waals surface area contributed by atoms with E-state index in [9.17, 15) is 0 Å². The molecule has 0 atom stereocenters. The van der Waals surface area contributed by atoms with E-state index in [1.807, 2.05) is 12.1 Å². The first-order valence-corrected chi connectivity index (χ1v) is 5.30. The zero-order valence-corrected chi connectivity index (χ0v) is 9.75. The van der Waals surface area contributed by atoms with Gasteiger partial charge in [0.05, 0.1) is 5.02 Å². The monoisotopic (exact) mass is 212 g/mol. The molecule has 0 N–H and O–H groups in total. The summed E-state index contributed by atoms with van der Waals surface area (Å²) >= 11 is 5.76. The predicted octanol–water partition coefficient (Wildman–Crippen LogP) is 3.22. The number of hydrogen-bond donors (Lipinski definition) is 0. The van der Waals surface area contributed by atoms with Crippen molar-refractivity contribution in [3.05, 3.63) is 23.4 Å². The lowest BCUT2D eigenvalue weighted by Gasteiger charge is -2.18. The third-order valence-electron chi connectivity index (χ3n) is 2.14.